The number of halogens is 1. The molecule has 0 aromatic heterocycles. The van der Waals surface area contributed by atoms with Crippen LogP contribution >= 0.6 is 0 Å². The van der Waals surface area contributed by atoms with E-state index in [0.717, 1.165) is 11.3 Å². The average Bonchev–Trinajstić information content (AvgIpc) is 2.59. The number of alkyl halides is 1. The molecule has 0 heterocycles. The van der Waals surface area contributed by atoms with Gasteiger partial charge in [-0.05, 0) is 35.9 Å². The number of benzene rings is 2. The Balaban J connectivity index is 1.83. The van der Waals surface area contributed by atoms with Crippen molar-refractivity contribution in [2.75, 3.05) is 13.7 Å². The number of rotatable bonds is 6. The summed E-state index contributed by atoms with van der Waals surface area (Å²) in [5, 5.41) is 0. The lowest BCUT2D eigenvalue weighted by Crippen LogP contribution is -2.13. The molecule has 22 heavy (non-hydrogen) atoms. The van der Waals surface area contributed by atoms with Gasteiger partial charge in [-0.2, -0.15) is 0 Å². The van der Waals surface area contributed by atoms with Crippen LogP contribution in [0.25, 0.3) is 6.08 Å². The fraction of sp³-hybridized carbons (Fsp3) is 0.167. The zero-order valence-electron chi connectivity index (χ0n) is 12.2. The van der Waals surface area contributed by atoms with E-state index in [1.165, 1.54) is 6.08 Å². The highest BCUT2D eigenvalue weighted by Gasteiger charge is 2.09. The van der Waals surface area contributed by atoms with Crippen LogP contribution in [-0.2, 0) is 4.74 Å². The van der Waals surface area contributed by atoms with Crippen molar-refractivity contribution in [2.45, 2.75) is 6.17 Å². The molecule has 1 atom stereocenters. The summed E-state index contributed by atoms with van der Waals surface area (Å²) in [5.74, 6) is 0.215. The van der Waals surface area contributed by atoms with Crippen LogP contribution < -0.4 is 4.74 Å². The molecule has 0 saturated carbocycles. The Morgan fingerprint density at radius 3 is 2.45 bits per heavy atom. The van der Waals surface area contributed by atoms with Crippen molar-refractivity contribution in [3.8, 4) is 5.75 Å². The molecule has 0 bridgehead atoms. The molecular weight excluding hydrogens is 283 g/mol. The van der Waals surface area contributed by atoms with Gasteiger partial charge in [0.1, 0.15) is 12.4 Å². The maximum absolute atomic E-state index is 13.7. The number of methoxy groups -OCH3 is 1. The number of esters is 1. The quantitative estimate of drug-likeness (QED) is 0.759. The summed E-state index contributed by atoms with van der Waals surface area (Å²) < 4.78 is 23.7. The van der Waals surface area contributed by atoms with Gasteiger partial charge in [-0.25, -0.2) is 9.18 Å². The lowest BCUT2D eigenvalue weighted by atomic mass is 10.2. The summed E-state index contributed by atoms with van der Waals surface area (Å²) in [6, 6.07) is 15.7. The molecule has 0 spiro atoms. The van der Waals surface area contributed by atoms with Crippen molar-refractivity contribution < 1.29 is 18.7 Å². The van der Waals surface area contributed by atoms with E-state index in [0.29, 0.717) is 5.56 Å². The lowest BCUT2D eigenvalue weighted by Gasteiger charge is -2.06. The highest BCUT2D eigenvalue weighted by atomic mass is 19.1. The van der Waals surface area contributed by atoms with Crippen LogP contribution in [0.4, 0.5) is 4.39 Å². The molecule has 0 aliphatic rings. The first-order valence-electron chi connectivity index (χ1n) is 6.87. The fourth-order valence-corrected chi connectivity index (χ4v) is 1.80. The molecule has 0 N–H and O–H groups in total. The third kappa shape index (κ3) is 4.74. The molecular formula is C18H17FO3. The minimum absolute atomic E-state index is 0.305. The number of ether oxygens (including phenoxy) is 2. The van der Waals surface area contributed by atoms with Crippen molar-refractivity contribution in [3.05, 3.63) is 71.8 Å². The smallest absolute Gasteiger partial charge is 0.338 e. The van der Waals surface area contributed by atoms with E-state index < -0.39 is 12.1 Å². The van der Waals surface area contributed by atoms with E-state index in [1.807, 2.05) is 12.1 Å². The summed E-state index contributed by atoms with van der Waals surface area (Å²) in [5.41, 5.74) is 1.26. The van der Waals surface area contributed by atoms with Crippen molar-refractivity contribution in [3.63, 3.8) is 0 Å². The molecule has 2 aromatic rings. The first-order chi connectivity index (χ1) is 10.7. The van der Waals surface area contributed by atoms with Crippen LogP contribution in [0.1, 0.15) is 15.9 Å². The first kappa shape index (κ1) is 15.8. The number of hydrogen-bond donors (Lipinski definition) is 0. The number of carbonyl (C=O) groups excluding carboxylic acids is 1. The molecule has 2 rings (SSSR count). The SMILES string of the molecule is COc1ccc(/C=C/C(F)COC(=O)c2ccccc2)cc1. The predicted octanol–water partition coefficient (Wildman–Crippen LogP) is 3.90. The first-order valence-corrected chi connectivity index (χ1v) is 6.87. The summed E-state index contributed by atoms with van der Waals surface area (Å²) in [7, 11) is 1.59. The standard InChI is InChI=1S/C18H17FO3/c1-21-17-11-8-14(9-12-17)7-10-16(19)13-22-18(20)15-5-3-2-4-6-15/h2-12,16H,13H2,1H3/b10-7+. The molecule has 0 fully saturated rings. The molecule has 0 aliphatic carbocycles. The normalized spacial score (nSPS) is 12.1. The van der Waals surface area contributed by atoms with Gasteiger partial charge in [-0.3, -0.25) is 0 Å². The molecule has 2 aromatic carbocycles. The maximum Gasteiger partial charge on any atom is 0.338 e. The minimum atomic E-state index is -1.35. The molecule has 3 nitrogen and oxygen atoms in total. The van der Waals surface area contributed by atoms with Crippen molar-refractivity contribution in [2.24, 2.45) is 0 Å². The van der Waals surface area contributed by atoms with Gasteiger partial charge < -0.3 is 9.47 Å². The largest absolute Gasteiger partial charge is 0.497 e. The topological polar surface area (TPSA) is 35.5 Å². The minimum Gasteiger partial charge on any atom is -0.497 e. The average molecular weight is 300 g/mol. The van der Waals surface area contributed by atoms with E-state index in [1.54, 1.807) is 55.7 Å². The van der Waals surface area contributed by atoms with Crippen LogP contribution in [0.3, 0.4) is 0 Å². The van der Waals surface area contributed by atoms with Gasteiger partial charge in [0.2, 0.25) is 0 Å². The van der Waals surface area contributed by atoms with Crippen LogP contribution in [0.15, 0.2) is 60.7 Å². The third-order valence-electron chi connectivity index (χ3n) is 3.00. The molecule has 4 heteroatoms. The summed E-state index contributed by atoms with van der Waals surface area (Å²) in [6.07, 6.45) is 1.65. The van der Waals surface area contributed by atoms with Gasteiger partial charge in [0.25, 0.3) is 0 Å². The van der Waals surface area contributed by atoms with Gasteiger partial charge in [0.05, 0.1) is 12.7 Å². The van der Waals surface area contributed by atoms with Crippen molar-refractivity contribution >= 4 is 12.0 Å². The van der Waals surface area contributed by atoms with Crippen LogP contribution in [-0.4, -0.2) is 25.9 Å². The molecule has 0 amide bonds. The molecule has 1 unspecified atom stereocenters. The van der Waals surface area contributed by atoms with E-state index in [2.05, 4.69) is 0 Å². The van der Waals surface area contributed by atoms with Crippen LogP contribution in [0, 0.1) is 0 Å². The molecule has 0 saturated heterocycles. The second-order valence-electron chi connectivity index (χ2n) is 4.61. The third-order valence-corrected chi connectivity index (χ3v) is 3.00. The van der Waals surface area contributed by atoms with Gasteiger partial charge in [0, 0.05) is 0 Å². The highest BCUT2D eigenvalue weighted by Crippen LogP contribution is 2.13. The van der Waals surface area contributed by atoms with E-state index in [4.69, 9.17) is 9.47 Å². The zero-order valence-corrected chi connectivity index (χ0v) is 12.2. The molecule has 114 valence electrons. The number of hydrogen-bond acceptors (Lipinski definition) is 3. The second-order valence-corrected chi connectivity index (χ2v) is 4.61. The highest BCUT2D eigenvalue weighted by molar-refractivity contribution is 5.89. The molecule has 0 aliphatic heterocycles. The summed E-state index contributed by atoms with van der Waals surface area (Å²) >= 11 is 0. The fourth-order valence-electron chi connectivity index (χ4n) is 1.80. The Morgan fingerprint density at radius 1 is 1.14 bits per heavy atom. The van der Waals surface area contributed by atoms with Crippen molar-refractivity contribution in [1.82, 2.24) is 0 Å². The van der Waals surface area contributed by atoms with Crippen molar-refractivity contribution in [1.29, 1.82) is 0 Å². The van der Waals surface area contributed by atoms with Crippen LogP contribution in [0.2, 0.25) is 0 Å². The van der Waals surface area contributed by atoms with Crippen LogP contribution in [0.5, 0.6) is 5.75 Å². The van der Waals surface area contributed by atoms with Gasteiger partial charge in [-0.1, -0.05) is 36.4 Å². The lowest BCUT2D eigenvalue weighted by molar-refractivity contribution is 0.0438. The summed E-state index contributed by atoms with van der Waals surface area (Å²) in [6.45, 7) is -0.305. The Morgan fingerprint density at radius 2 is 1.82 bits per heavy atom. The van der Waals surface area contributed by atoms with E-state index in [9.17, 15) is 9.18 Å². The van der Waals surface area contributed by atoms with Gasteiger partial charge >= 0.3 is 5.97 Å². The monoisotopic (exact) mass is 300 g/mol. The Hall–Kier alpha value is -2.62. The maximum atomic E-state index is 13.7. The van der Waals surface area contributed by atoms with Gasteiger partial charge in [0.15, 0.2) is 6.17 Å². The Kier molecular flexibility index (Phi) is 5.72. The van der Waals surface area contributed by atoms with E-state index >= 15 is 0 Å². The van der Waals surface area contributed by atoms with E-state index in [-0.39, 0.29) is 6.61 Å². The Labute approximate surface area is 129 Å². The summed E-state index contributed by atoms with van der Waals surface area (Å²) in [4.78, 5) is 11.7. The predicted molar refractivity (Wildman–Crippen MR) is 83.6 cm³/mol. The van der Waals surface area contributed by atoms with Gasteiger partial charge in [-0.15, -0.1) is 0 Å². The Bertz CT molecular complexity index is 621. The number of carbonyl (C=O) groups is 1. The zero-order chi connectivity index (χ0) is 15.8. The second kappa shape index (κ2) is 7.98. The molecule has 0 radical (unpaired) electrons.